The second-order valence-electron chi connectivity index (χ2n) is 4.33. The third-order valence-electron chi connectivity index (χ3n) is 3.27. The average Bonchev–Trinajstić information content (AvgIpc) is 2.31. The van der Waals surface area contributed by atoms with Crippen molar-refractivity contribution in [3.63, 3.8) is 0 Å². The molecule has 2 fully saturated rings. The van der Waals surface area contributed by atoms with Gasteiger partial charge in [-0.05, 0) is 6.42 Å². The second-order valence-corrected chi connectivity index (χ2v) is 4.33. The van der Waals surface area contributed by atoms with Crippen LogP contribution in [0.3, 0.4) is 0 Å². The van der Waals surface area contributed by atoms with Crippen LogP contribution >= 0.6 is 0 Å². The number of nitrogens with one attached hydrogen (secondary N) is 1. The molecule has 2 aliphatic heterocycles. The summed E-state index contributed by atoms with van der Waals surface area (Å²) in [6.45, 7) is 8.92. The lowest BCUT2D eigenvalue weighted by molar-refractivity contribution is -0.102. The van der Waals surface area contributed by atoms with Gasteiger partial charge in [0.15, 0.2) is 0 Å². The summed E-state index contributed by atoms with van der Waals surface area (Å²) in [6, 6.07) is 0.671. The summed E-state index contributed by atoms with van der Waals surface area (Å²) < 4.78 is 11.1. The van der Waals surface area contributed by atoms with E-state index in [1.807, 2.05) is 0 Å². The van der Waals surface area contributed by atoms with E-state index in [2.05, 4.69) is 17.1 Å². The van der Waals surface area contributed by atoms with Gasteiger partial charge >= 0.3 is 0 Å². The predicted octanol–water partition coefficient (Wildman–Crippen LogP) is 0.0856. The first-order valence-corrected chi connectivity index (χ1v) is 6.04. The van der Waals surface area contributed by atoms with Gasteiger partial charge in [0, 0.05) is 32.2 Å². The Balaban J connectivity index is 1.79. The number of nitrogens with zero attached hydrogens (tertiary/aromatic N) is 1. The lowest BCUT2D eigenvalue weighted by atomic mass is 10.1. The fourth-order valence-corrected chi connectivity index (χ4v) is 2.35. The molecule has 2 rings (SSSR count). The number of rotatable bonds is 3. The summed E-state index contributed by atoms with van der Waals surface area (Å²) in [5.74, 6) is 0. The zero-order valence-electron chi connectivity index (χ0n) is 9.58. The van der Waals surface area contributed by atoms with Gasteiger partial charge in [-0.2, -0.15) is 0 Å². The molecule has 88 valence electrons. The van der Waals surface area contributed by atoms with Crippen LogP contribution in [0.25, 0.3) is 0 Å². The van der Waals surface area contributed by atoms with Crippen molar-refractivity contribution >= 4 is 0 Å². The topological polar surface area (TPSA) is 33.7 Å². The highest BCUT2D eigenvalue weighted by atomic mass is 16.6. The number of hydrogen-bond acceptors (Lipinski definition) is 4. The molecule has 15 heavy (non-hydrogen) atoms. The molecule has 0 bridgehead atoms. The minimum absolute atomic E-state index is 0.283. The van der Waals surface area contributed by atoms with Crippen molar-refractivity contribution in [3.8, 4) is 0 Å². The van der Waals surface area contributed by atoms with Gasteiger partial charge in [0.05, 0.1) is 25.9 Å². The van der Waals surface area contributed by atoms with Crippen molar-refractivity contribution < 1.29 is 9.47 Å². The SMILES string of the molecule is CCC1CNCCN1CC1COCCO1. The van der Waals surface area contributed by atoms with E-state index in [1.165, 1.54) is 6.42 Å². The van der Waals surface area contributed by atoms with Crippen molar-refractivity contribution in [2.24, 2.45) is 0 Å². The van der Waals surface area contributed by atoms with E-state index in [-0.39, 0.29) is 6.10 Å². The van der Waals surface area contributed by atoms with Crippen molar-refractivity contribution in [1.29, 1.82) is 0 Å². The Morgan fingerprint density at radius 3 is 3.07 bits per heavy atom. The van der Waals surface area contributed by atoms with Crippen LogP contribution in [0.5, 0.6) is 0 Å². The van der Waals surface area contributed by atoms with Crippen LogP contribution in [-0.2, 0) is 9.47 Å². The van der Waals surface area contributed by atoms with Gasteiger partial charge < -0.3 is 14.8 Å². The first-order valence-electron chi connectivity index (χ1n) is 6.04. The molecule has 2 heterocycles. The molecule has 0 aromatic rings. The number of hydrogen-bond donors (Lipinski definition) is 1. The molecule has 2 atom stereocenters. The van der Waals surface area contributed by atoms with Crippen molar-refractivity contribution in [2.75, 3.05) is 46.0 Å². The van der Waals surface area contributed by atoms with E-state index in [0.717, 1.165) is 46.0 Å². The summed E-state index contributed by atoms with van der Waals surface area (Å²) in [6.07, 6.45) is 1.49. The smallest absolute Gasteiger partial charge is 0.0936 e. The summed E-state index contributed by atoms with van der Waals surface area (Å²) in [5.41, 5.74) is 0. The monoisotopic (exact) mass is 214 g/mol. The summed E-state index contributed by atoms with van der Waals surface area (Å²) >= 11 is 0. The molecule has 4 nitrogen and oxygen atoms in total. The highest BCUT2D eigenvalue weighted by Crippen LogP contribution is 2.10. The van der Waals surface area contributed by atoms with E-state index in [1.54, 1.807) is 0 Å². The Hall–Kier alpha value is -0.160. The molecule has 0 saturated carbocycles. The van der Waals surface area contributed by atoms with Gasteiger partial charge in [0.25, 0.3) is 0 Å². The number of ether oxygens (including phenoxy) is 2. The largest absolute Gasteiger partial charge is 0.376 e. The second kappa shape index (κ2) is 5.80. The van der Waals surface area contributed by atoms with Crippen molar-refractivity contribution in [3.05, 3.63) is 0 Å². The van der Waals surface area contributed by atoms with Gasteiger partial charge in [-0.25, -0.2) is 0 Å². The Morgan fingerprint density at radius 1 is 1.40 bits per heavy atom. The summed E-state index contributed by atoms with van der Waals surface area (Å²) in [4.78, 5) is 2.54. The lowest BCUT2D eigenvalue weighted by Crippen LogP contribution is -2.54. The molecule has 4 heteroatoms. The van der Waals surface area contributed by atoms with E-state index in [4.69, 9.17) is 9.47 Å². The van der Waals surface area contributed by atoms with Gasteiger partial charge in [0.1, 0.15) is 0 Å². The molecule has 0 spiro atoms. The molecule has 0 radical (unpaired) electrons. The third kappa shape index (κ3) is 3.14. The van der Waals surface area contributed by atoms with E-state index < -0.39 is 0 Å². The summed E-state index contributed by atoms with van der Waals surface area (Å²) in [5, 5.41) is 3.44. The van der Waals surface area contributed by atoms with Crippen molar-refractivity contribution in [1.82, 2.24) is 10.2 Å². The van der Waals surface area contributed by atoms with Crippen LogP contribution in [0, 0.1) is 0 Å². The molecule has 1 N–H and O–H groups in total. The number of piperazine rings is 1. The normalized spacial score (nSPS) is 34.2. The first-order chi connectivity index (χ1) is 7.40. The lowest BCUT2D eigenvalue weighted by Gasteiger charge is -2.38. The maximum Gasteiger partial charge on any atom is 0.0936 e. The minimum atomic E-state index is 0.283. The maximum absolute atomic E-state index is 5.69. The van der Waals surface area contributed by atoms with Crippen LogP contribution in [0.15, 0.2) is 0 Å². The molecular formula is C11H22N2O2. The molecule has 2 saturated heterocycles. The average molecular weight is 214 g/mol. The Bertz CT molecular complexity index is 183. The molecule has 0 amide bonds. The van der Waals surface area contributed by atoms with E-state index >= 15 is 0 Å². The Morgan fingerprint density at radius 2 is 2.33 bits per heavy atom. The fraction of sp³-hybridized carbons (Fsp3) is 1.00. The van der Waals surface area contributed by atoms with Crippen LogP contribution in [0.4, 0.5) is 0 Å². The predicted molar refractivity (Wildman–Crippen MR) is 59.1 cm³/mol. The van der Waals surface area contributed by atoms with Gasteiger partial charge in [-0.1, -0.05) is 6.92 Å². The first kappa shape index (κ1) is 11.3. The third-order valence-corrected chi connectivity index (χ3v) is 3.27. The summed E-state index contributed by atoms with van der Waals surface area (Å²) in [7, 11) is 0. The molecule has 2 unspecified atom stereocenters. The van der Waals surface area contributed by atoms with Crippen LogP contribution in [-0.4, -0.2) is 63.0 Å². The van der Waals surface area contributed by atoms with Gasteiger partial charge in [-0.15, -0.1) is 0 Å². The van der Waals surface area contributed by atoms with E-state index in [0.29, 0.717) is 6.04 Å². The molecule has 0 aliphatic carbocycles. The zero-order valence-corrected chi connectivity index (χ0v) is 9.58. The highest BCUT2D eigenvalue weighted by molar-refractivity contribution is 4.81. The molecule has 0 aromatic heterocycles. The Labute approximate surface area is 91.9 Å². The molecular weight excluding hydrogens is 192 g/mol. The maximum atomic E-state index is 5.69. The van der Waals surface area contributed by atoms with Gasteiger partial charge in [-0.3, -0.25) is 4.90 Å². The Kier molecular flexibility index (Phi) is 4.38. The highest BCUT2D eigenvalue weighted by Gasteiger charge is 2.24. The van der Waals surface area contributed by atoms with Gasteiger partial charge in [0.2, 0.25) is 0 Å². The quantitative estimate of drug-likeness (QED) is 0.722. The van der Waals surface area contributed by atoms with Crippen molar-refractivity contribution in [2.45, 2.75) is 25.5 Å². The minimum Gasteiger partial charge on any atom is -0.376 e. The molecule has 0 aromatic carbocycles. The van der Waals surface area contributed by atoms with Crippen LogP contribution in [0.2, 0.25) is 0 Å². The standard InChI is InChI=1S/C11H22N2O2/c1-2-10-7-12-3-4-13(10)8-11-9-14-5-6-15-11/h10-12H,2-9H2,1H3. The van der Waals surface area contributed by atoms with Crippen LogP contribution < -0.4 is 5.32 Å². The van der Waals surface area contributed by atoms with Crippen LogP contribution in [0.1, 0.15) is 13.3 Å². The fourth-order valence-electron chi connectivity index (χ4n) is 2.35. The van der Waals surface area contributed by atoms with E-state index in [9.17, 15) is 0 Å². The zero-order chi connectivity index (χ0) is 10.5. The molecule has 2 aliphatic rings.